The maximum atomic E-state index is 12.7. The number of carbonyl (C=O) groups excluding carboxylic acids is 2. The minimum atomic E-state index is -0.265. The van der Waals surface area contributed by atoms with Crippen molar-refractivity contribution in [2.45, 2.75) is 0 Å². The topological polar surface area (TPSA) is 65.2 Å². The molecular formula is C19H15Cl2N3O2. The number of halogens is 2. The van der Waals surface area contributed by atoms with Crippen LogP contribution in [0, 0.1) is 5.92 Å². The Morgan fingerprint density at radius 3 is 2.65 bits per heavy atom. The third-order valence-corrected chi connectivity index (χ3v) is 5.39. The quantitative estimate of drug-likeness (QED) is 0.707. The molecule has 2 aromatic carbocycles. The molecule has 0 atom stereocenters. The number of para-hydroxylation sites is 1. The lowest BCUT2D eigenvalue weighted by atomic mass is 9.97. The van der Waals surface area contributed by atoms with E-state index in [-0.39, 0.29) is 17.7 Å². The van der Waals surface area contributed by atoms with Crippen molar-refractivity contribution < 1.29 is 9.59 Å². The molecule has 2 amide bonds. The van der Waals surface area contributed by atoms with E-state index in [0.29, 0.717) is 34.4 Å². The SMILES string of the molecule is O=C(Nc1cccc(Cl)c1Cl)C1CN(C(=O)c2c[nH]c3ccccc23)C1. The van der Waals surface area contributed by atoms with Crippen molar-refractivity contribution in [2.24, 2.45) is 5.92 Å². The Hall–Kier alpha value is -2.50. The van der Waals surface area contributed by atoms with Crippen molar-refractivity contribution in [3.8, 4) is 0 Å². The normalized spacial score (nSPS) is 14.3. The Balaban J connectivity index is 1.41. The summed E-state index contributed by atoms with van der Waals surface area (Å²) in [5.41, 5.74) is 2.02. The summed E-state index contributed by atoms with van der Waals surface area (Å²) in [5.74, 6) is -0.511. The summed E-state index contributed by atoms with van der Waals surface area (Å²) in [4.78, 5) is 29.8. The average Bonchev–Trinajstić information content (AvgIpc) is 3.01. The summed E-state index contributed by atoms with van der Waals surface area (Å²) < 4.78 is 0. The second-order valence-corrected chi connectivity index (χ2v) is 7.03. The fraction of sp³-hybridized carbons (Fsp3) is 0.158. The van der Waals surface area contributed by atoms with Crippen molar-refractivity contribution in [1.29, 1.82) is 0 Å². The second kappa shape index (κ2) is 6.67. The standard InChI is InChI=1S/C19H15Cl2N3O2/c20-14-5-3-7-16(17(14)21)23-18(25)11-9-24(10-11)19(26)13-8-22-15-6-2-1-4-12(13)15/h1-8,11,22H,9-10H2,(H,23,25). The van der Waals surface area contributed by atoms with Gasteiger partial charge in [0.25, 0.3) is 5.91 Å². The first-order valence-corrected chi connectivity index (χ1v) is 8.90. The predicted octanol–water partition coefficient (Wildman–Crippen LogP) is 4.19. The van der Waals surface area contributed by atoms with Gasteiger partial charge >= 0.3 is 0 Å². The van der Waals surface area contributed by atoms with Gasteiger partial charge in [0.1, 0.15) is 0 Å². The summed E-state index contributed by atoms with van der Waals surface area (Å²) in [6.07, 6.45) is 1.71. The highest BCUT2D eigenvalue weighted by Gasteiger charge is 2.36. The molecule has 132 valence electrons. The molecule has 1 aromatic heterocycles. The molecule has 3 aromatic rings. The number of nitrogens with one attached hydrogen (secondary N) is 2. The monoisotopic (exact) mass is 387 g/mol. The number of H-pyrrole nitrogens is 1. The number of rotatable bonds is 3. The number of anilines is 1. The van der Waals surface area contributed by atoms with Crippen LogP contribution in [-0.2, 0) is 4.79 Å². The summed E-state index contributed by atoms with van der Waals surface area (Å²) in [6.45, 7) is 0.755. The Kier molecular flexibility index (Phi) is 4.34. The van der Waals surface area contributed by atoms with Gasteiger partial charge in [0.2, 0.25) is 5.91 Å². The Morgan fingerprint density at radius 2 is 1.85 bits per heavy atom. The van der Waals surface area contributed by atoms with Gasteiger partial charge in [-0.15, -0.1) is 0 Å². The number of benzene rings is 2. The van der Waals surface area contributed by atoms with E-state index in [9.17, 15) is 9.59 Å². The van der Waals surface area contributed by atoms with Crippen LogP contribution in [0.4, 0.5) is 5.69 Å². The molecule has 5 nitrogen and oxygen atoms in total. The zero-order chi connectivity index (χ0) is 18.3. The Labute approximate surface area is 159 Å². The zero-order valence-corrected chi connectivity index (χ0v) is 15.1. The molecule has 0 aliphatic carbocycles. The van der Waals surface area contributed by atoms with Crippen LogP contribution in [0.3, 0.4) is 0 Å². The molecule has 2 N–H and O–H groups in total. The number of hydrogen-bond donors (Lipinski definition) is 2. The fourth-order valence-corrected chi connectivity index (χ4v) is 3.41. The third kappa shape index (κ3) is 2.93. The number of fused-ring (bicyclic) bond motifs is 1. The largest absolute Gasteiger partial charge is 0.360 e. The minimum absolute atomic E-state index is 0.0766. The molecule has 4 rings (SSSR count). The van der Waals surface area contributed by atoms with E-state index in [0.717, 1.165) is 10.9 Å². The van der Waals surface area contributed by atoms with E-state index in [1.165, 1.54) is 0 Å². The Bertz CT molecular complexity index is 1010. The molecule has 7 heteroatoms. The Morgan fingerprint density at radius 1 is 1.08 bits per heavy atom. The number of aromatic nitrogens is 1. The molecule has 0 spiro atoms. The average molecular weight is 388 g/mol. The molecule has 1 aliphatic rings. The van der Waals surface area contributed by atoms with Crippen LogP contribution >= 0.6 is 23.2 Å². The highest BCUT2D eigenvalue weighted by molar-refractivity contribution is 6.44. The van der Waals surface area contributed by atoms with Crippen molar-refractivity contribution in [2.75, 3.05) is 18.4 Å². The van der Waals surface area contributed by atoms with Gasteiger partial charge in [0.15, 0.2) is 0 Å². The highest BCUT2D eigenvalue weighted by atomic mass is 35.5. The van der Waals surface area contributed by atoms with E-state index in [4.69, 9.17) is 23.2 Å². The van der Waals surface area contributed by atoms with Crippen LogP contribution in [0.15, 0.2) is 48.7 Å². The van der Waals surface area contributed by atoms with Crippen LogP contribution in [0.1, 0.15) is 10.4 Å². The van der Waals surface area contributed by atoms with E-state index >= 15 is 0 Å². The fourth-order valence-electron chi connectivity index (χ4n) is 3.06. The molecule has 26 heavy (non-hydrogen) atoms. The van der Waals surface area contributed by atoms with E-state index < -0.39 is 0 Å². The van der Waals surface area contributed by atoms with Gasteiger partial charge in [-0.2, -0.15) is 0 Å². The predicted molar refractivity (Wildman–Crippen MR) is 103 cm³/mol. The molecule has 1 fully saturated rings. The summed E-state index contributed by atoms with van der Waals surface area (Å²) in [6, 6.07) is 12.7. The van der Waals surface area contributed by atoms with Gasteiger partial charge in [-0.3, -0.25) is 9.59 Å². The van der Waals surface area contributed by atoms with E-state index in [1.807, 2.05) is 24.3 Å². The minimum Gasteiger partial charge on any atom is -0.360 e. The lowest BCUT2D eigenvalue weighted by Crippen LogP contribution is -2.54. The van der Waals surface area contributed by atoms with Gasteiger partial charge in [-0.25, -0.2) is 0 Å². The number of likely N-dealkylation sites (tertiary alicyclic amines) is 1. The van der Waals surface area contributed by atoms with Crippen LogP contribution < -0.4 is 5.32 Å². The molecule has 0 unspecified atom stereocenters. The van der Waals surface area contributed by atoms with Gasteiger partial charge in [0, 0.05) is 30.2 Å². The van der Waals surface area contributed by atoms with Crippen LogP contribution in [0.5, 0.6) is 0 Å². The van der Waals surface area contributed by atoms with Gasteiger partial charge in [-0.1, -0.05) is 47.5 Å². The van der Waals surface area contributed by atoms with Crippen LogP contribution in [0.2, 0.25) is 10.0 Å². The first-order valence-electron chi connectivity index (χ1n) is 8.15. The molecule has 2 heterocycles. The molecule has 1 saturated heterocycles. The molecule has 0 saturated carbocycles. The number of nitrogens with zero attached hydrogens (tertiary/aromatic N) is 1. The summed E-state index contributed by atoms with van der Waals surface area (Å²) >= 11 is 12.0. The lowest BCUT2D eigenvalue weighted by molar-refractivity contribution is -0.123. The first-order chi connectivity index (χ1) is 12.5. The van der Waals surface area contributed by atoms with E-state index in [2.05, 4.69) is 10.3 Å². The molecule has 0 radical (unpaired) electrons. The van der Waals surface area contributed by atoms with Crippen LogP contribution in [-0.4, -0.2) is 34.8 Å². The van der Waals surface area contributed by atoms with Gasteiger partial charge in [-0.05, 0) is 18.2 Å². The first kappa shape index (κ1) is 16.9. The van der Waals surface area contributed by atoms with Gasteiger partial charge < -0.3 is 15.2 Å². The van der Waals surface area contributed by atoms with Crippen molar-refractivity contribution in [1.82, 2.24) is 9.88 Å². The number of carbonyl (C=O) groups is 2. The maximum Gasteiger partial charge on any atom is 0.256 e. The van der Waals surface area contributed by atoms with Crippen LogP contribution in [0.25, 0.3) is 10.9 Å². The van der Waals surface area contributed by atoms with E-state index in [1.54, 1.807) is 29.3 Å². The maximum absolute atomic E-state index is 12.7. The van der Waals surface area contributed by atoms with Crippen molar-refractivity contribution in [3.05, 3.63) is 64.3 Å². The third-order valence-electron chi connectivity index (χ3n) is 4.57. The summed E-state index contributed by atoms with van der Waals surface area (Å²) in [5, 5.41) is 4.36. The van der Waals surface area contributed by atoms with Crippen molar-refractivity contribution >= 4 is 51.6 Å². The van der Waals surface area contributed by atoms with Crippen molar-refractivity contribution in [3.63, 3.8) is 0 Å². The zero-order valence-electron chi connectivity index (χ0n) is 13.6. The smallest absolute Gasteiger partial charge is 0.256 e. The summed E-state index contributed by atoms with van der Waals surface area (Å²) in [7, 11) is 0. The molecule has 0 bridgehead atoms. The highest BCUT2D eigenvalue weighted by Crippen LogP contribution is 2.31. The number of aromatic amines is 1. The lowest BCUT2D eigenvalue weighted by Gasteiger charge is -2.38. The molecular weight excluding hydrogens is 373 g/mol. The number of amides is 2. The van der Waals surface area contributed by atoms with Gasteiger partial charge in [0.05, 0.1) is 27.2 Å². The number of hydrogen-bond acceptors (Lipinski definition) is 2. The second-order valence-electron chi connectivity index (χ2n) is 6.25. The molecule has 1 aliphatic heterocycles.